The maximum absolute atomic E-state index is 11.9. The van der Waals surface area contributed by atoms with E-state index in [0.717, 1.165) is 12.8 Å². The SMILES string of the molecule is CCCCC(Oc1ccccc1C(=O)OCC)C(=O)OC. The molecule has 0 aliphatic heterocycles. The predicted molar refractivity (Wildman–Crippen MR) is 78.4 cm³/mol. The van der Waals surface area contributed by atoms with Crippen molar-refractivity contribution in [2.75, 3.05) is 13.7 Å². The van der Waals surface area contributed by atoms with Crippen molar-refractivity contribution in [1.82, 2.24) is 0 Å². The number of para-hydroxylation sites is 1. The summed E-state index contributed by atoms with van der Waals surface area (Å²) in [5.74, 6) is -0.572. The molecule has 5 heteroatoms. The van der Waals surface area contributed by atoms with Crippen LogP contribution in [0, 0.1) is 0 Å². The predicted octanol–water partition coefficient (Wildman–Crippen LogP) is 2.97. The van der Waals surface area contributed by atoms with Gasteiger partial charge in [-0.15, -0.1) is 0 Å². The van der Waals surface area contributed by atoms with E-state index in [9.17, 15) is 9.59 Å². The third-order valence-electron chi connectivity index (χ3n) is 2.94. The van der Waals surface area contributed by atoms with Gasteiger partial charge in [-0.2, -0.15) is 0 Å². The molecule has 0 fully saturated rings. The van der Waals surface area contributed by atoms with E-state index in [-0.39, 0.29) is 6.61 Å². The summed E-state index contributed by atoms with van der Waals surface area (Å²) in [5, 5.41) is 0. The van der Waals surface area contributed by atoms with Crippen LogP contribution in [0.5, 0.6) is 5.75 Å². The van der Waals surface area contributed by atoms with E-state index < -0.39 is 18.0 Å². The molecule has 0 amide bonds. The molecule has 0 N–H and O–H groups in total. The van der Waals surface area contributed by atoms with E-state index in [1.165, 1.54) is 7.11 Å². The molecule has 0 spiro atoms. The first-order valence-electron chi connectivity index (χ1n) is 7.14. The number of methoxy groups -OCH3 is 1. The highest BCUT2D eigenvalue weighted by Gasteiger charge is 2.23. The van der Waals surface area contributed by atoms with Gasteiger partial charge in [-0.3, -0.25) is 0 Å². The maximum Gasteiger partial charge on any atom is 0.347 e. The van der Waals surface area contributed by atoms with Crippen molar-refractivity contribution in [2.45, 2.75) is 39.2 Å². The Bertz CT molecular complexity index is 469. The Labute approximate surface area is 125 Å². The Morgan fingerprint density at radius 1 is 1.19 bits per heavy atom. The van der Waals surface area contributed by atoms with Crippen molar-refractivity contribution in [2.24, 2.45) is 0 Å². The Balaban J connectivity index is 2.92. The van der Waals surface area contributed by atoms with Crippen LogP contribution in [0.3, 0.4) is 0 Å². The van der Waals surface area contributed by atoms with Crippen LogP contribution >= 0.6 is 0 Å². The number of rotatable bonds is 8. The van der Waals surface area contributed by atoms with Crippen LogP contribution in [-0.4, -0.2) is 31.8 Å². The molecule has 1 atom stereocenters. The van der Waals surface area contributed by atoms with Crippen molar-refractivity contribution >= 4 is 11.9 Å². The van der Waals surface area contributed by atoms with Crippen molar-refractivity contribution in [3.05, 3.63) is 29.8 Å². The second-order valence-electron chi connectivity index (χ2n) is 4.49. The largest absolute Gasteiger partial charge is 0.478 e. The van der Waals surface area contributed by atoms with Gasteiger partial charge in [0.2, 0.25) is 0 Å². The minimum Gasteiger partial charge on any atom is -0.478 e. The van der Waals surface area contributed by atoms with Gasteiger partial charge in [0.15, 0.2) is 6.10 Å². The van der Waals surface area contributed by atoms with E-state index in [0.29, 0.717) is 17.7 Å². The van der Waals surface area contributed by atoms with Crippen molar-refractivity contribution in [3.8, 4) is 5.75 Å². The number of unbranched alkanes of at least 4 members (excludes halogenated alkanes) is 1. The Kier molecular flexibility index (Phi) is 7.29. The van der Waals surface area contributed by atoms with Gasteiger partial charge in [0, 0.05) is 0 Å². The molecule has 1 unspecified atom stereocenters. The van der Waals surface area contributed by atoms with Crippen LogP contribution < -0.4 is 4.74 Å². The number of ether oxygens (including phenoxy) is 3. The van der Waals surface area contributed by atoms with E-state index in [1.807, 2.05) is 6.92 Å². The normalized spacial score (nSPS) is 11.6. The third-order valence-corrected chi connectivity index (χ3v) is 2.94. The quantitative estimate of drug-likeness (QED) is 0.690. The Hall–Kier alpha value is -2.04. The average molecular weight is 294 g/mol. The second-order valence-corrected chi connectivity index (χ2v) is 4.49. The third kappa shape index (κ3) is 5.10. The molecule has 5 nitrogen and oxygen atoms in total. The van der Waals surface area contributed by atoms with Crippen molar-refractivity contribution < 1.29 is 23.8 Å². The Morgan fingerprint density at radius 3 is 2.52 bits per heavy atom. The molecule has 0 aromatic heterocycles. The first kappa shape index (κ1) is 17.0. The zero-order valence-corrected chi connectivity index (χ0v) is 12.8. The molecular formula is C16H22O5. The van der Waals surface area contributed by atoms with Crippen LogP contribution in [0.15, 0.2) is 24.3 Å². The van der Waals surface area contributed by atoms with Crippen molar-refractivity contribution in [1.29, 1.82) is 0 Å². The van der Waals surface area contributed by atoms with Gasteiger partial charge >= 0.3 is 11.9 Å². The summed E-state index contributed by atoms with van der Waals surface area (Å²) in [6.45, 7) is 4.05. The average Bonchev–Trinajstić information content (AvgIpc) is 2.51. The number of carbonyl (C=O) groups excluding carboxylic acids is 2. The minimum atomic E-state index is -0.717. The summed E-state index contributed by atoms with van der Waals surface area (Å²) in [6.07, 6.45) is 1.60. The summed E-state index contributed by atoms with van der Waals surface area (Å²) in [5.41, 5.74) is 0.310. The first-order chi connectivity index (χ1) is 10.1. The molecule has 0 aliphatic carbocycles. The van der Waals surface area contributed by atoms with Gasteiger partial charge in [0.05, 0.1) is 13.7 Å². The van der Waals surface area contributed by atoms with Gasteiger partial charge in [-0.05, 0) is 31.9 Å². The molecule has 0 saturated carbocycles. The zero-order chi connectivity index (χ0) is 15.7. The van der Waals surface area contributed by atoms with Crippen molar-refractivity contribution in [3.63, 3.8) is 0 Å². The summed E-state index contributed by atoms with van der Waals surface area (Å²) < 4.78 is 15.4. The highest BCUT2D eigenvalue weighted by Crippen LogP contribution is 2.22. The van der Waals surface area contributed by atoms with Gasteiger partial charge in [0.1, 0.15) is 11.3 Å². The molecule has 0 bridgehead atoms. The van der Waals surface area contributed by atoms with Gasteiger partial charge < -0.3 is 14.2 Å². The molecule has 0 heterocycles. The fourth-order valence-corrected chi connectivity index (χ4v) is 1.85. The lowest BCUT2D eigenvalue weighted by atomic mass is 10.1. The molecule has 21 heavy (non-hydrogen) atoms. The van der Waals surface area contributed by atoms with Gasteiger partial charge in [-0.25, -0.2) is 9.59 Å². The molecule has 0 saturated heterocycles. The maximum atomic E-state index is 11.9. The number of hydrogen-bond donors (Lipinski definition) is 0. The summed E-state index contributed by atoms with van der Waals surface area (Å²) in [4.78, 5) is 23.6. The highest BCUT2D eigenvalue weighted by atomic mass is 16.6. The van der Waals surface area contributed by atoms with Gasteiger partial charge in [0.25, 0.3) is 0 Å². The summed E-state index contributed by atoms with van der Waals surface area (Å²) >= 11 is 0. The van der Waals surface area contributed by atoms with E-state index in [4.69, 9.17) is 14.2 Å². The second kappa shape index (κ2) is 9.00. The molecule has 1 aromatic carbocycles. The lowest BCUT2D eigenvalue weighted by molar-refractivity contribution is -0.149. The fraction of sp³-hybridized carbons (Fsp3) is 0.500. The van der Waals surface area contributed by atoms with Crippen LogP contribution in [-0.2, 0) is 14.3 Å². The topological polar surface area (TPSA) is 61.8 Å². The van der Waals surface area contributed by atoms with E-state index in [1.54, 1.807) is 31.2 Å². The smallest absolute Gasteiger partial charge is 0.347 e. The van der Waals surface area contributed by atoms with Crippen LogP contribution in [0.4, 0.5) is 0 Å². The number of carbonyl (C=O) groups is 2. The fourth-order valence-electron chi connectivity index (χ4n) is 1.85. The highest BCUT2D eigenvalue weighted by molar-refractivity contribution is 5.92. The van der Waals surface area contributed by atoms with Crippen LogP contribution in [0.2, 0.25) is 0 Å². The van der Waals surface area contributed by atoms with Gasteiger partial charge in [-0.1, -0.05) is 25.5 Å². The molecule has 0 radical (unpaired) electrons. The molecule has 0 aliphatic rings. The summed E-state index contributed by atoms with van der Waals surface area (Å²) in [7, 11) is 1.32. The van der Waals surface area contributed by atoms with Crippen LogP contribution in [0.25, 0.3) is 0 Å². The molecule has 1 aromatic rings. The monoisotopic (exact) mass is 294 g/mol. The first-order valence-corrected chi connectivity index (χ1v) is 7.14. The Morgan fingerprint density at radius 2 is 1.90 bits per heavy atom. The standard InChI is InChI=1S/C16H22O5/c1-4-6-10-14(16(18)19-3)21-13-11-8-7-9-12(13)15(17)20-5-2/h7-9,11,14H,4-6,10H2,1-3H3. The number of benzene rings is 1. The van der Waals surface area contributed by atoms with Crippen LogP contribution in [0.1, 0.15) is 43.5 Å². The number of esters is 2. The number of hydrogen-bond acceptors (Lipinski definition) is 5. The lowest BCUT2D eigenvalue weighted by Crippen LogP contribution is -2.29. The molecule has 1 rings (SSSR count). The van der Waals surface area contributed by atoms with E-state index in [2.05, 4.69) is 0 Å². The minimum absolute atomic E-state index is 0.281. The summed E-state index contributed by atoms with van der Waals surface area (Å²) in [6, 6.07) is 6.72. The lowest BCUT2D eigenvalue weighted by Gasteiger charge is -2.18. The molecule has 116 valence electrons. The van der Waals surface area contributed by atoms with E-state index >= 15 is 0 Å². The molecular weight excluding hydrogens is 272 g/mol. The zero-order valence-electron chi connectivity index (χ0n) is 12.8.